The molecule has 0 saturated carbocycles. The molecule has 0 heterocycles. The van der Waals surface area contributed by atoms with Crippen molar-refractivity contribution in [1.29, 1.82) is 0 Å². The lowest BCUT2D eigenvalue weighted by Crippen LogP contribution is -1.88. The summed E-state index contributed by atoms with van der Waals surface area (Å²) in [6.45, 7) is 0. The zero-order valence-electron chi connectivity index (χ0n) is 11.9. The minimum atomic E-state index is -0.481. The van der Waals surface area contributed by atoms with Gasteiger partial charge in [0.1, 0.15) is 11.4 Å². The largest absolute Gasteiger partial charge is 0.507 e. The molecule has 3 aromatic carbocycles. The Hall–Kier alpha value is -3.48. The summed E-state index contributed by atoms with van der Waals surface area (Å²) in [6.07, 6.45) is 0. The second-order valence-electron chi connectivity index (χ2n) is 4.85. The number of hydrogen-bond acceptors (Lipinski definition) is 6. The van der Waals surface area contributed by atoms with Crippen LogP contribution in [0.2, 0.25) is 0 Å². The molecule has 0 aliphatic rings. The molecule has 3 N–H and O–H groups in total. The molecule has 0 spiro atoms. The van der Waals surface area contributed by atoms with Gasteiger partial charge in [-0.05, 0) is 29.7 Å². The highest BCUT2D eigenvalue weighted by Gasteiger charge is 2.08. The number of non-ortho nitro benzene ring substituents is 1. The molecule has 0 saturated heterocycles. The van der Waals surface area contributed by atoms with Crippen LogP contribution in [0.25, 0.3) is 10.8 Å². The van der Waals surface area contributed by atoms with Crippen LogP contribution in [-0.2, 0) is 0 Å². The molecule has 0 amide bonds. The number of nitro groups is 1. The summed E-state index contributed by atoms with van der Waals surface area (Å²) in [5.41, 5.74) is 7.23. The van der Waals surface area contributed by atoms with E-state index < -0.39 is 4.92 Å². The van der Waals surface area contributed by atoms with E-state index in [4.69, 9.17) is 5.73 Å². The molecule has 7 heteroatoms. The molecular weight excluding hydrogens is 296 g/mol. The average molecular weight is 308 g/mol. The SMILES string of the molecule is Nc1c(N=Nc2ccc([N+](=O)[O-])cc2)ccc2cccc(O)c12. The second kappa shape index (κ2) is 5.72. The van der Waals surface area contributed by atoms with E-state index in [1.807, 2.05) is 6.07 Å². The van der Waals surface area contributed by atoms with Gasteiger partial charge in [-0.25, -0.2) is 0 Å². The van der Waals surface area contributed by atoms with Crippen molar-refractivity contribution in [3.63, 3.8) is 0 Å². The number of rotatable bonds is 3. The van der Waals surface area contributed by atoms with Gasteiger partial charge in [-0.2, -0.15) is 5.11 Å². The van der Waals surface area contributed by atoms with Crippen molar-refractivity contribution in [2.45, 2.75) is 0 Å². The molecule has 0 aromatic heterocycles. The van der Waals surface area contributed by atoms with Crippen LogP contribution in [0.4, 0.5) is 22.7 Å². The van der Waals surface area contributed by atoms with Crippen LogP contribution >= 0.6 is 0 Å². The Morgan fingerprint density at radius 1 is 1.00 bits per heavy atom. The van der Waals surface area contributed by atoms with Crippen molar-refractivity contribution < 1.29 is 10.0 Å². The molecule has 0 bridgehead atoms. The van der Waals surface area contributed by atoms with Gasteiger partial charge in [-0.1, -0.05) is 18.2 Å². The molecule has 3 aromatic rings. The fraction of sp³-hybridized carbons (Fsp3) is 0. The number of azo groups is 1. The number of phenols is 1. The summed E-state index contributed by atoms with van der Waals surface area (Å²) < 4.78 is 0. The molecule has 3 rings (SSSR count). The third kappa shape index (κ3) is 2.80. The number of nitrogens with zero attached hydrogens (tertiary/aromatic N) is 3. The fourth-order valence-electron chi connectivity index (χ4n) is 2.22. The first kappa shape index (κ1) is 14.5. The zero-order valence-corrected chi connectivity index (χ0v) is 11.9. The van der Waals surface area contributed by atoms with Gasteiger partial charge in [0.2, 0.25) is 0 Å². The van der Waals surface area contributed by atoms with E-state index in [-0.39, 0.29) is 11.4 Å². The second-order valence-corrected chi connectivity index (χ2v) is 4.85. The number of nitrogens with two attached hydrogens (primary N) is 1. The first-order valence-corrected chi connectivity index (χ1v) is 6.72. The van der Waals surface area contributed by atoms with Crippen LogP contribution < -0.4 is 5.73 Å². The maximum atomic E-state index is 10.6. The lowest BCUT2D eigenvalue weighted by atomic mass is 10.1. The number of aromatic hydroxyl groups is 1. The third-order valence-corrected chi connectivity index (χ3v) is 3.37. The summed E-state index contributed by atoms with van der Waals surface area (Å²) in [6, 6.07) is 14.3. The van der Waals surface area contributed by atoms with Gasteiger partial charge in [0.05, 0.1) is 16.3 Å². The van der Waals surface area contributed by atoms with Gasteiger partial charge in [0.25, 0.3) is 5.69 Å². The third-order valence-electron chi connectivity index (χ3n) is 3.37. The normalized spacial score (nSPS) is 11.1. The Morgan fingerprint density at radius 2 is 1.74 bits per heavy atom. The molecule has 7 nitrogen and oxygen atoms in total. The van der Waals surface area contributed by atoms with Crippen LogP contribution in [0, 0.1) is 10.1 Å². The van der Waals surface area contributed by atoms with Crippen LogP contribution in [0.15, 0.2) is 64.8 Å². The van der Waals surface area contributed by atoms with E-state index in [2.05, 4.69) is 10.2 Å². The zero-order chi connectivity index (χ0) is 16.4. The van der Waals surface area contributed by atoms with Gasteiger partial charge in [0, 0.05) is 17.5 Å². The molecule has 0 unspecified atom stereocenters. The molecule has 0 fully saturated rings. The Morgan fingerprint density at radius 3 is 2.43 bits per heavy atom. The van der Waals surface area contributed by atoms with Crippen LogP contribution in [-0.4, -0.2) is 10.0 Å². The quantitative estimate of drug-likeness (QED) is 0.322. The highest BCUT2D eigenvalue weighted by Crippen LogP contribution is 2.36. The lowest BCUT2D eigenvalue weighted by Gasteiger charge is -2.06. The summed E-state index contributed by atoms with van der Waals surface area (Å²) in [5, 5.41) is 29.9. The standard InChI is InChI=1S/C16H12N4O3/c17-16-13(9-4-10-2-1-3-14(21)15(10)16)19-18-11-5-7-12(8-6-11)20(22)23/h1-9,21H,17H2. The summed E-state index contributed by atoms with van der Waals surface area (Å²) in [4.78, 5) is 10.1. The molecule has 0 radical (unpaired) electrons. The predicted molar refractivity (Wildman–Crippen MR) is 87.3 cm³/mol. The fourth-order valence-corrected chi connectivity index (χ4v) is 2.22. The van der Waals surface area contributed by atoms with Crippen molar-refractivity contribution in [2.75, 3.05) is 5.73 Å². The van der Waals surface area contributed by atoms with E-state index in [0.717, 1.165) is 5.39 Å². The highest BCUT2D eigenvalue weighted by molar-refractivity contribution is 6.02. The average Bonchev–Trinajstić information content (AvgIpc) is 2.54. The molecule has 114 valence electrons. The number of nitro benzene ring substituents is 1. The van der Waals surface area contributed by atoms with Crippen LogP contribution in [0.1, 0.15) is 0 Å². The maximum Gasteiger partial charge on any atom is 0.269 e. The van der Waals surface area contributed by atoms with Crippen molar-refractivity contribution >= 4 is 33.5 Å². The summed E-state index contributed by atoms with van der Waals surface area (Å²) in [5.74, 6) is 0.0763. The van der Waals surface area contributed by atoms with Crippen molar-refractivity contribution in [2.24, 2.45) is 10.2 Å². The summed E-state index contributed by atoms with van der Waals surface area (Å²) in [7, 11) is 0. The van der Waals surface area contributed by atoms with Crippen molar-refractivity contribution in [3.8, 4) is 5.75 Å². The van der Waals surface area contributed by atoms with Gasteiger partial charge in [0.15, 0.2) is 0 Å². The number of phenolic OH excluding ortho intramolecular Hbond substituents is 1. The van der Waals surface area contributed by atoms with Crippen LogP contribution in [0.5, 0.6) is 5.75 Å². The van der Waals surface area contributed by atoms with Crippen molar-refractivity contribution in [1.82, 2.24) is 0 Å². The van der Waals surface area contributed by atoms with Gasteiger partial charge < -0.3 is 10.8 Å². The topological polar surface area (TPSA) is 114 Å². The number of hydrogen-bond donors (Lipinski definition) is 2. The minimum absolute atomic E-state index is 0.0147. The van der Waals surface area contributed by atoms with E-state index in [1.54, 1.807) is 24.3 Å². The summed E-state index contributed by atoms with van der Waals surface area (Å²) >= 11 is 0. The van der Waals surface area contributed by atoms with Crippen LogP contribution in [0.3, 0.4) is 0 Å². The van der Waals surface area contributed by atoms with E-state index >= 15 is 0 Å². The molecule has 0 aliphatic carbocycles. The Balaban J connectivity index is 1.96. The van der Waals surface area contributed by atoms with E-state index in [9.17, 15) is 15.2 Å². The first-order valence-electron chi connectivity index (χ1n) is 6.72. The smallest absolute Gasteiger partial charge is 0.269 e. The molecule has 0 atom stereocenters. The van der Waals surface area contributed by atoms with Gasteiger partial charge in [-0.3, -0.25) is 10.1 Å². The van der Waals surface area contributed by atoms with E-state index in [0.29, 0.717) is 22.4 Å². The highest BCUT2D eigenvalue weighted by atomic mass is 16.6. The van der Waals surface area contributed by atoms with Gasteiger partial charge in [-0.15, -0.1) is 5.11 Å². The first-order chi connectivity index (χ1) is 11.1. The predicted octanol–water partition coefficient (Wildman–Crippen LogP) is 4.45. The Kier molecular flexibility index (Phi) is 3.60. The maximum absolute atomic E-state index is 10.6. The number of anilines is 1. The molecule has 0 aliphatic heterocycles. The van der Waals surface area contributed by atoms with E-state index in [1.165, 1.54) is 24.3 Å². The van der Waals surface area contributed by atoms with Crippen molar-refractivity contribution in [3.05, 3.63) is 64.7 Å². The number of benzene rings is 3. The monoisotopic (exact) mass is 308 g/mol. The van der Waals surface area contributed by atoms with Gasteiger partial charge >= 0.3 is 0 Å². The molecular formula is C16H12N4O3. The Bertz CT molecular complexity index is 921. The lowest BCUT2D eigenvalue weighted by molar-refractivity contribution is -0.384. The number of nitrogen functional groups attached to an aromatic ring is 1. The minimum Gasteiger partial charge on any atom is -0.507 e. The number of fused-ring (bicyclic) bond motifs is 1. The Labute approximate surface area is 130 Å². The molecule has 23 heavy (non-hydrogen) atoms.